The van der Waals surface area contributed by atoms with E-state index in [0.717, 1.165) is 41.4 Å². The Morgan fingerprint density at radius 1 is 1.07 bits per heavy atom. The summed E-state index contributed by atoms with van der Waals surface area (Å²) in [6.07, 6.45) is 4.80. The summed E-state index contributed by atoms with van der Waals surface area (Å²) in [6.45, 7) is 8.27. The van der Waals surface area contributed by atoms with Crippen LogP contribution in [0.1, 0.15) is 48.4 Å². The first-order valence-corrected chi connectivity index (χ1v) is 14.9. The van der Waals surface area contributed by atoms with E-state index in [1.165, 1.54) is 6.39 Å². The van der Waals surface area contributed by atoms with Gasteiger partial charge < -0.3 is 23.2 Å². The van der Waals surface area contributed by atoms with Gasteiger partial charge in [-0.1, -0.05) is 23.2 Å². The molecule has 0 atom stereocenters. The minimum atomic E-state index is -0.593. The van der Waals surface area contributed by atoms with Crippen molar-refractivity contribution in [3.05, 3.63) is 100 Å². The van der Waals surface area contributed by atoms with Gasteiger partial charge in [0, 0.05) is 30.4 Å². The highest BCUT2D eigenvalue weighted by Crippen LogP contribution is 2.29. The van der Waals surface area contributed by atoms with Crippen molar-refractivity contribution in [1.82, 2.24) is 24.4 Å². The van der Waals surface area contributed by atoms with Crippen molar-refractivity contribution in [2.24, 2.45) is 0 Å². The van der Waals surface area contributed by atoms with E-state index in [1.54, 1.807) is 36.7 Å². The van der Waals surface area contributed by atoms with Crippen LogP contribution in [0.2, 0.25) is 10.0 Å². The van der Waals surface area contributed by atoms with Gasteiger partial charge in [0.2, 0.25) is 0 Å². The number of pyridine rings is 1. The van der Waals surface area contributed by atoms with E-state index in [0.29, 0.717) is 40.2 Å². The number of likely N-dealkylation sites (tertiary alicyclic amines) is 1. The Kier molecular flexibility index (Phi) is 8.48. The molecule has 228 valence electrons. The Morgan fingerprint density at radius 3 is 2.66 bits per heavy atom. The Labute approximate surface area is 264 Å². The standard InChI is InChI=1S/C32H31Cl2N5O5/c1-32(2,3)44-31(40)20-4-6-27-28(10-20)39(16-24-13-35-19-42-24)30(37-27)17-38-14-25(15-38)43-23-8-9-36-22(12-23)18-41-29-7-5-21(33)11-26(29)34/h4-13,19,25H,14-18H2,1-3H3. The molecule has 0 spiro atoms. The van der Waals surface area contributed by atoms with Crippen LogP contribution in [0.4, 0.5) is 0 Å². The first-order valence-electron chi connectivity index (χ1n) is 14.1. The van der Waals surface area contributed by atoms with Crippen LogP contribution >= 0.6 is 23.2 Å². The third-order valence-electron chi connectivity index (χ3n) is 6.91. The summed E-state index contributed by atoms with van der Waals surface area (Å²) in [5.74, 6) is 2.41. The highest BCUT2D eigenvalue weighted by molar-refractivity contribution is 6.35. The second-order valence-corrected chi connectivity index (χ2v) is 12.4. The zero-order valence-corrected chi connectivity index (χ0v) is 26.0. The van der Waals surface area contributed by atoms with Crippen molar-refractivity contribution in [1.29, 1.82) is 0 Å². The summed E-state index contributed by atoms with van der Waals surface area (Å²) in [7, 11) is 0. The van der Waals surface area contributed by atoms with E-state index in [4.69, 9.17) is 46.8 Å². The number of aromatic nitrogens is 4. The van der Waals surface area contributed by atoms with Crippen LogP contribution in [-0.2, 0) is 24.4 Å². The molecular weight excluding hydrogens is 605 g/mol. The highest BCUT2D eigenvalue weighted by Gasteiger charge is 2.30. The molecule has 6 rings (SSSR count). The van der Waals surface area contributed by atoms with Gasteiger partial charge >= 0.3 is 5.97 Å². The molecule has 44 heavy (non-hydrogen) atoms. The smallest absolute Gasteiger partial charge is 0.338 e. The lowest BCUT2D eigenvalue weighted by molar-refractivity contribution is 0.00692. The maximum Gasteiger partial charge on any atom is 0.338 e. The number of nitrogens with zero attached hydrogens (tertiary/aromatic N) is 5. The third kappa shape index (κ3) is 7.15. The number of carbonyl (C=O) groups is 1. The summed E-state index contributed by atoms with van der Waals surface area (Å²) in [6, 6.07) is 14.2. The average molecular weight is 637 g/mol. The van der Waals surface area contributed by atoms with Gasteiger partial charge in [0.05, 0.1) is 46.6 Å². The monoisotopic (exact) mass is 635 g/mol. The fourth-order valence-corrected chi connectivity index (χ4v) is 5.34. The fourth-order valence-electron chi connectivity index (χ4n) is 4.88. The second-order valence-electron chi connectivity index (χ2n) is 11.6. The number of hydrogen-bond donors (Lipinski definition) is 0. The van der Waals surface area contributed by atoms with E-state index in [9.17, 15) is 4.79 Å². The largest absolute Gasteiger partial charge is 0.488 e. The van der Waals surface area contributed by atoms with Gasteiger partial charge in [-0.05, 0) is 63.2 Å². The van der Waals surface area contributed by atoms with Gasteiger partial charge in [0.1, 0.15) is 41.4 Å². The second kappa shape index (κ2) is 12.5. The summed E-state index contributed by atoms with van der Waals surface area (Å²) >= 11 is 12.2. The average Bonchev–Trinajstić information content (AvgIpc) is 3.58. The number of imidazole rings is 1. The van der Waals surface area contributed by atoms with E-state index in [1.807, 2.05) is 45.0 Å². The molecule has 4 heterocycles. The molecule has 0 N–H and O–H groups in total. The molecule has 1 aliphatic heterocycles. The highest BCUT2D eigenvalue weighted by atomic mass is 35.5. The molecule has 0 unspecified atom stereocenters. The Hall–Kier alpha value is -4.12. The van der Waals surface area contributed by atoms with E-state index < -0.39 is 5.60 Å². The molecule has 0 saturated carbocycles. The van der Waals surface area contributed by atoms with Crippen LogP contribution in [0.5, 0.6) is 11.5 Å². The predicted octanol–water partition coefficient (Wildman–Crippen LogP) is 6.57. The number of fused-ring (bicyclic) bond motifs is 1. The van der Waals surface area contributed by atoms with Crippen molar-refractivity contribution in [3.63, 3.8) is 0 Å². The normalized spacial score (nSPS) is 14.0. The number of carbonyl (C=O) groups excluding carboxylic acids is 1. The maximum absolute atomic E-state index is 12.8. The molecule has 0 bridgehead atoms. The molecule has 1 aliphatic rings. The van der Waals surface area contributed by atoms with Gasteiger partial charge in [-0.25, -0.2) is 14.8 Å². The molecule has 12 heteroatoms. The Balaban J connectivity index is 1.11. The summed E-state index contributed by atoms with van der Waals surface area (Å²) in [5, 5.41) is 0.988. The van der Waals surface area contributed by atoms with Crippen LogP contribution in [0.25, 0.3) is 11.0 Å². The van der Waals surface area contributed by atoms with E-state index in [2.05, 4.69) is 19.4 Å². The van der Waals surface area contributed by atoms with E-state index in [-0.39, 0.29) is 18.7 Å². The molecular formula is C32H31Cl2N5O5. The van der Waals surface area contributed by atoms with Gasteiger partial charge in [-0.15, -0.1) is 0 Å². The summed E-state index contributed by atoms with van der Waals surface area (Å²) < 4.78 is 25.2. The van der Waals surface area contributed by atoms with Crippen molar-refractivity contribution in [2.75, 3.05) is 13.1 Å². The summed E-state index contributed by atoms with van der Waals surface area (Å²) in [5.41, 5.74) is 2.20. The predicted molar refractivity (Wildman–Crippen MR) is 165 cm³/mol. The first-order chi connectivity index (χ1) is 21.1. The number of oxazole rings is 1. The lowest BCUT2D eigenvalue weighted by Crippen LogP contribution is -2.53. The summed E-state index contributed by atoms with van der Waals surface area (Å²) in [4.78, 5) is 28.4. The number of rotatable bonds is 10. The number of ether oxygens (including phenoxy) is 3. The van der Waals surface area contributed by atoms with Crippen molar-refractivity contribution in [2.45, 2.75) is 52.2 Å². The van der Waals surface area contributed by atoms with Crippen LogP contribution < -0.4 is 9.47 Å². The number of esters is 1. The van der Waals surface area contributed by atoms with Crippen LogP contribution in [0, 0.1) is 0 Å². The minimum absolute atomic E-state index is 0.0164. The van der Waals surface area contributed by atoms with Gasteiger partial charge in [-0.2, -0.15) is 0 Å². The third-order valence-corrected chi connectivity index (χ3v) is 7.44. The minimum Gasteiger partial charge on any atom is -0.488 e. The van der Waals surface area contributed by atoms with Gasteiger partial charge in [0.25, 0.3) is 0 Å². The fraction of sp³-hybridized carbons (Fsp3) is 0.312. The molecule has 5 aromatic rings. The lowest BCUT2D eigenvalue weighted by Gasteiger charge is -2.38. The molecule has 0 amide bonds. The molecule has 10 nitrogen and oxygen atoms in total. The quantitative estimate of drug-likeness (QED) is 0.157. The SMILES string of the molecule is CC(C)(C)OC(=O)c1ccc2nc(CN3CC(Oc4ccnc(COc5ccc(Cl)cc5Cl)c4)C3)n(Cc3cnco3)c2c1. The van der Waals surface area contributed by atoms with Gasteiger partial charge in [0.15, 0.2) is 6.39 Å². The van der Waals surface area contributed by atoms with Crippen molar-refractivity contribution >= 4 is 40.2 Å². The molecule has 3 aromatic heterocycles. The maximum atomic E-state index is 12.8. The Morgan fingerprint density at radius 2 is 1.91 bits per heavy atom. The first kappa shape index (κ1) is 29.9. The number of benzene rings is 2. The number of hydrogen-bond acceptors (Lipinski definition) is 9. The molecule has 0 radical (unpaired) electrons. The molecule has 0 aliphatic carbocycles. The van der Waals surface area contributed by atoms with Crippen LogP contribution in [-0.4, -0.2) is 55.2 Å². The van der Waals surface area contributed by atoms with Gasteiger partial charge in [-0.3, -0.25) is 9.88 Å². The number of halogens is 2. The molecule has 2 aromatic carbocycles. The van der Waals surface area contributed by atoms with Crippen molar-refractivity contribution < 1.29 is 23.4 Å². The van der Waals surface area contributed by atoms with Crippen LogP contribution in [0.15, 0.2) is 71.7 Å². The molecule has 1 saturated heterocycles. The zero-order chi connectivity index (χ0) is 30.8. The topological polar surface area (TPSA) is 105 Å². The Bertz CT molecular complexity index is 1780. The zero-order valence-electron chi connectivity index (χ0n) is 24.5. The van der Waals surface area contributed by atoms with Crippen LogP contribution in [0.3, 0.4) is 0 Å². The lowest BCUT2D eigenvalue weighted by atomic mass is 10.1. The molecule has 1 fully saturated rings. The van der Waals surface area contributed by atoms with Crippen molar-refractivity contribution in [3.8, 4) is 11.5 Å². The van der Waals surface area contributed by atoms with E-state index >= 15 is 0 Å².